The fraction of sp³-hybridized carbons (Fsp3) is 0.286. The first-order valence-corrected chi connectivity index (χ1v) is 9.05. The van der Waals surface area contributed by atoms with Crippen LogP contribution in [0.3, 0.4) is 0 Å². The van der Waals surface area contributed by atoms with Gasteiger partial charge in [-0.3, -0.25) is 14.4 Å². The van der Waals surface area contributed by atoms with Crippen molar-refractivity contribution in [3.05, 3.63) is 59.7 Å². The second-order valence-electron chi connectivity index (χ2n) is 6.59. The summed E-state index contributed by atoms with van der Waals surface area (Å²) in [6, 6.07) is 13.0. The monoisotopic (exact) mass is 382 g/mol. The lowest BCUT2D eigenvalue weighted by Crippen LogP contribution is -2.30. The van der Waals surface area contributed by atoms with Gasteiger partial charge in [-0.1, -0.05) is 12.1 Å². The first-order valence-electron chi connectivity index (χ1n) is 9.05. The van der Waals surface area contributed by atoms with Gasteiger partial charge in [0.25, 0.3) is 5.91 Å². The van der Waals surface area contributed by atoms with Crippen LogP contribution in [0.25, 0.3) is 0 Å². The Morgan fingerprint density at radius 1 is 1.14 bits per heavy atom. The zero-order valence-electron chi connectivity index (χ0n) is 15.6. The van der Waals surface area contributed by atoms with Crippen LogP contribution in [-0.4, -0.2) is 36.5 Å². The summed E-state index contributed by atoms with van der Waals surface area (Å²) in [7, 11) is 1.55. The standard InChI is InChI=1S/C21H22N2O5/c1-28-17-10-6-14(7-11-17)18(13-20(25)26)22-21(27)15-4-8-16(9-5-15)23-12-2-3-19(23)24/h4-11,18H,2-3,12-13H2,1H3,(H,22,27)(H,25,26)/t18-/m1/s1. The van der Waals surface area contributed by atoms with Gasteiger partial charge in [-0.15, -0.1) is 0 Å². The molecule has 2 N–H and O–H groups in total. The first-order chi connectivity index (χ1) is 13.5. The number of hydrogen-bond donors (Lipinski definition) is 2. The third-order valence-corrected chi connectivity index (χ3v) is 4.72. The number of nitrogens with one attached hydrogen (secondary N) is 1. The van der Waals surface area contributed by atoms with Gasteiger partial charge in [0.05, 0.1) is 19.6 Å². The number of hydrogen-bond acceptors (Lipinski definition) is 4. The summed E-state index contributed by atoms with van der Waals surface area (Å²) < 4.78 is 5.11. The van der Waals surface area contributed by atoms with Crippen LogP contribution in [0.2, 0.25) is 0 Å². The average molecular weight is 382 g/mol. The predicted molar refractivity (Wildman–Crippen MR) is 103 cm³/mol. The highest BCUT2D eigenvalue weighted by Crippen LogP contribution is 2.23. The largest absolute Gasteiger partial charge is 0.497 e. The number of carbonyl (C=O) groups is 3. The van der Waals surface area contributed by atoms with E-state index >= 15 is 0 Å². The highest BCUT2D eigenvalue weighted by molar-refractivity contribution is 5.97. The Bertz CT molecular complexity index is 861. The van der Waals surface area contributed by atoms with Crippen LogP contribution in [0.5, 0.6) is 5.75 Å². The molecule has 3 rings (SSSR count). The third-order valence-electron chi connectivity index (χ3n) is 4.72. The smallest absolute Gasteiger partial charge is 0.305 e. The zero-order valence-corrected chi connectivity index (χ0v) is 15.6. The van der Waals surface area contributed by atoms with Crippen LogP contribution in [0.1, 0.15) is 41.2 Å². The topological polar surface area (TPSA) is 95.9 Å². The van der Waals surface area contributed by atoms with Gasteiger partial charge in [0, 0.05) is 24.2 Å². The summed E-state index contributed by atoms with van der Waals surface area (Å²) >= 11 is 0. The molecule has 7 nitrogen and oxygen atoms in total. The van der Waals surface area contributed by atoms with E-state index in [-0.39, 0.29) is 18.2 Å². The van der Waals surface area contributed by atoms with E-state index in [1.807, 2.05) is 0 Å². The number of nitrogens with zero attached hydrogens (tertiary/aromatic N) is 1. The molecular weight excluding hydrogens is 360 g/mol. The molecule has 1 heterocycles. The van der Waals surface area contributed by atoms with E-state index in [2.05, 4.69) is 5.32 Å². The van der Waals surface area contributed by atoms with E-state index in [0.29, 0.717) is 29.8 Å². The molecule has 28 heavy (non-hydrogen) atoms. The minimum atomic E-state index is -1.01. The summed E-state index contributed by atoms with van der Waals surface area (Å²) in [5, 5.41) is 12.0. The lowest BCUT2D eigenvalue weighted by Gasteiger charge is -2.19. The van der Waals surface area contributed by atoms with Crippen molar-refractivity contribution in [1.82, 2.24) is 5.32 Å². The van der Waals surface area contributed by atoms with Gasteiger partial charge < -0.3 is 20.1 Å². The molecule has 146 valence electrons. The molecule has 2 aromatic rings. The van der Waals surface area contributed by atoms with Crippen LogP contribution in [0, 0.1) is 0 Å². The van der Waals surface area contributed by atoms with Crippen molar-refractivity contribution in [3.63, 3.8) is 0 Å². The average Bonchev–Trinajstić information content (AvgIpc) is 3.13. The van der Waals surface area contributed by atoms with E-state index in [1.54, 1.807) is 60.5 Å². The minimum absolute atomic E-state index is 0.0817. The number of carbonyl (C=O) groups excluding carboxylic acids is 2. The SMILES string of the molecule is COc1ccc([C@@H](CC(=O)O)NC(=O)c2ccc(N3CCCC3=O)cc2)cc1. The van der Waals surface area contributed by atoms with Crippen LogP contribution in [0.4, 0.5) is 5.69 Å². The Labute approximate surface area is 162 Å². The summed E-state index contributed by atoms with van der Waals surface area (Å²) in [6.07, 6.45) is 1.14. The first kappa shape index (κ1) is 19.4. The summed E-state index contributed by atoms with van der Waals surface area (Å²) in [5.74, 6) is -0.653. The van der Waals surface area contributed by atoms with Crippen molar-refractivity contribution >= 4 is 23.5 Å². The van der Waals surface area contributed by atoms with E-state index in [1.165, 1.54) is 0 Å². The van der Waals surface area contributed by atoms with Gasteiger partial charge in [-0.25, -0.2) is 0 Å². The number of aliphatic carboxylic acids is 1. The zero-order chi connectivity index (χ0) is 20.1. The summed E-state index contributed by atoms with van der Waals surface area (Å²) in [4.78, 5) is 37.4. The molecule has 0 aromatic heterocycles. The second kappa shape index (κ2) is 8.56. The van der Waals surface area contributed by atoms with Gasteiger partial charge in [0.2, 0.25) is 5.91 Å². The Kier molecular flexibility index (Phi) is 5.93. The maximum atomic E-state index is 12.6. The molecule has 0 bridgehead atoms. The number of carboxylic acids is 1. The Hall–Kier alpha value is -3.35. The molecule has 0 radical (unpaired) electrons. The molecule has 0 unspecified atom stereocenters. The molecule has 1 fully saturated rings. The van der Waals surface area contributed by atoms with E-state index in [0.717, 1.165) is 12.1 Å². The molecule has 0 saturated carbocycles. The minimum Gasteiger partial charge on any atom is -0.497 e. The Morgan fingerprint density at radius 2 is 1.82 bits per heavy atom. The molecule has 0 aliphatic carbocycles. The van der Waals surface area contributed by atoms with Crippen LogP contribution < -0.4 is 15.0 Å². The highest BCUT2D eigenvalue weighted by atomic mass is 16.5. The highest BCUT2D eigenvalue weighted by Gasteiger charge is 2.22. The van der Waals surface area contributed by atoms with Crippen molar-refractivity contribution < 1.29 is 24.2 Å². The van der Waals surface area contributed by atoms with Gasteiger partial charge >= 0.3 is 5.97 Å². The number of anilines is 1. The van der Waals surface area contributed by atoms with E-state index in [9.17, 15) is 19.5 Å². The molecule has 2 aromatic carbocycles. The summed E-state index contributed by atoms with van der Waals surface area (Å²) in [6.45, 7) is 0.683. The van der Waals surface area contributed by atoms with Crippen LogP contribution >= 0.6 is 0 Å². The quantitative estimate of drug-likeness (QED) is 0.768. The normalized spacial score (nSPS) is 14.6. The van der Waals surface area contributed by atoms with E-state index in [4.69, 9.17) is 4.74 Å². The van der Waals surface area contributed by atoms with Gasteiger partial charge in [-0.05, 0) is 48.4 Å². The number of methoxy groups -OCH3 is 1. The van der Waals surface area contributed by atoms with Gasteiger partial charge in [0.1, 0.15) is 5.75 Å². The van der Waals surface area contributed by atoms with E-state index < -0.39 is 12.0 Å². The van der Waals surface area contributed by atoms with Gasteiger partial charge in [0.15, 0.2) is 0 Å². The van der Waals surface area contributed by atoms with Crippen molar-refractivity contribution in [2.24, 2.45) is 0 Å². The molecule has 1 saturated heterocycles. The maximum absolute atomic E-state index is 12.6. The number of ether oxygens (including phenoxy) is 1. The fourth-order valence-corrected chi connectivity index (χ4v) is 3.22. The molecule has 1 aliphatic rings. The van der Waals surface area contributed by atoms with Crippen molar-refractivity contribution in [3.8, 4) is 5.75 Å². The van der Waals surface area contributed by atoms with Crippen molar-refractivity contribution in [2.75, 3.05) is 18.6 Å². The van der Waals surface area contributed by atoms with Crippen LogP contribution in [0.15, 0.2) is 48.5 Å². The fourth-order valence-electron chi connectivity index (χ4n) is 3.22. The molecule has 7 heteroatoms. The molecule has 2 amide bonds. The predicted octanol–water partition coefficient (Wildman–Crippen LogP) is 2.77. The Morgan fingerprint density at radius 3 is 2.36 bits per heavy atom. The third kappa shape index (κ3) is 4.49. The molecular formula is C21H22N2O5. The molecule has 1 aliphatic heterocycles. The summed E-state index contributed by atoms with van der Waals surface area (Å²) in [5.41, 5.74) is 1.84. The van der Waals surface area contributed by atoms with Gasteiger partial charge in [-0.2, -0.15) is 0 Å². The second-order valence-corrected chi connectivity index (χ2v) is 6.59. The lowest BCUT2D eigenvalue weighted by molar-refractivity contribution is -0.137. The number of amides is 2. The molecule has 0 spiro atoms. The Balaban J connectivity index is 1.73. The maximum Gasteiger partial charge on any atom is 0.305 e. The van der Waals surface area contributed by atoms with Crippen molar-refractivity contribution in [2.45, 2.75) is 25.3 Å². The number of carboxylic acid groups (broad SMARTS) is 1. The lowest BCUT2D eigenvalue weighted by atomic mass is 10.0. The van der Waals surface area contributed by atoms with Crippen molar-refractivity contribution in [1.29, 1.82) is 0 Å². The molecule has 1 atom stereocenters. The number of rotatable bonds is 7. The number of benzene rings is 2. The van der Waals surface area contributed by atoms with Crippen LogP contribution in [-0.2, 0) is 9.59 Å².